The van der Waals surface area contributed by atoms with Crippen molar-refractivity contribution in [3.8, 4) is 0 Å². The summed E-state index contributed by atoms with van der Waals surface area (Å²) in [6.45, 7) is 15.4. The largest absolute Gasteiger partial charge is 0.329 e. The van der Waals surface area contributed by atoms with Gasteiger partial charge in [0.1, 0.15) is 0 Å². The van der Waals surface area contributed by atoms with Gasteiger partial charge in [-0.25, -0.2) is 0 Å². The number of nitrogens with two attached hydrogens (primary N) is 1. The Morgan fingerprint density at radius 1 is 1.00 bits per heavy atom. The number of nitrogens with zero attached hydrogens (tertiary/aromatic N) is 2. The molecule has 1 unspecified atom stereocenters. The molecule has 15 heavy (non-hydrogen) atoms. The number of hydrogen-bond donors (Lipinski definition) is 1. The third-order valence-electron chi connectivity index (χ3n) is 3.18. The van der Waals surface area contributed by atoms with Gasteiger partial charge in [-0.15, -0.1) is 0 Å². The van der Waals surface area contributed by atoms with Crippen LogP contribution in [0.4, 0.5) is 0 Å². The van der Waals surface area contributed by atoms with E-state index in [-0.39, 0.29) is 0 Å². The van der Waals surface area contributed by atoms with Crippen LogP contribution in [-0.2, 0) is 0 Å². The smallest absolute Gasteiger partial charge is 0.0190 e. The van der Waals surface area contributed by atoms with Gasteiger partial charge < -0.3 is 10.6 Å². The first-order valence-electron chi connectivity index (χ1n) is 6.35. The first-order valence-corrected chi connectivity index (χ1v) is 6.35. The van der Waals surface area contributed by atoms with Gasteiger partial charge in [0.15, 0.2) is 0 Å². The third-order valence-corrected chi connectivity index (χ3v) is 3.18. The molecule has 0 rings (SSSR count). The van der Waals surface area contributed by atoms with Crippen LogP contribution < -0.4 is 5.73 Å². The Hall–Kier alpha value is -0.120. The fourth-order valence-corrected chi connectivity index (χ4v) is 1.88. The Balaban J connectivity index is 3.71. The Kier molecular flexibility index (Phi) is 9.06. The van der Waals surface area contributed by atoms with E-state index < -0.39 is 0 Å². The van der Waals surface area contributed by atoms with E-state index in [1.807, 2.05) is 0 Å². The second-order valence-corrected chi connectivity index (χ2v) is 4.09. The van der Waals surface area contributed by atoms with E-state index in [4.69, 9.17) is 5.73 Å². The van der Waals surface area contributed by atoms with E-state index in [0.29, 0.717) is 6.04 Å². The van der Waals surface area contributed by atoms with Crippen LogP contribution in [0.2, 0.25) is 0 Å². The first kappa shape index (κ1) is 14.9. The number of rotatable bonds is 9. The van der Waals surface area contributed by atoms with Crippen molar-refractivity contribution in [3.63, 3.8) is 0 Å². The Morgan fingerprint density at radius 2 is 1.60 bits per heavy atom. The van der Waals surface area contributed by atoms with Crippen molar-refractivity contribution >= 4 is 0 Å². The monoisotopic (exact) mass is 215 g/mol. The molecule has 0 saturated carbocycles. The molecule has 0 saturated heterocycles. The number of hydrogen-bond acceptors (Lipinski definition) is 3. The van der Waals surface area contributed by atoms with Crippen LogP contribution in [-0.4, -0.2) is 55.1 Å². The van der Waals surface area contributed by atoms with E-state index in [1.165, 1.54) is 19.5 Å². The van der Waals surface area contributed by atoms with Crippen molar-refractivity contribution in [3.05, 3.63) is 0 Å². The highest BCUT2D eigenvalue weighted by Crippen LogP contribution is 2.00. The van der Waals surface area contributed by atoms with E-state index in [0.717, 1.165) is 26.2 Å². The minimum absolute atomic E-state index is 0.520. The number of likely N-dealkylation sites (N-methyl/N-ethyl adjacent to an activating group) is 1. The summed E-state index contributed by atoms with van der Waals surface area (Å²) in [6.07, 6.45) is 1.25. The summed E-state index contributed by atoms with van der Waals surface area (Å²) in [7, 11) is 0. The topological polar surface area (TPSA) is 32.5 Å². The summed E-state index contributed by atoms with van der Waals surface area (Å²) < 4.78 is 0. The lowest BCUT2D eigenvalue weighted by molar-refractivity contribution is 0.203. The van der Waals surface area contributed by atoms with E-state index in [2.05, 4.69) is 37.5 Å². The summed E-state index contributed by atoms with van der Waals surface area (Å²) >= 11 is 0. The van der Waals surface area contributed by atoms with E-state index >= 15 is 0 Å². The van der Waals surface area contributed by atoms with Gasteiger partial charge in [0.05, 0.1) is 0 Å². The van der Waals surface area contributed by atoms with Crippen molar-refractivity contribution in [1.29, 1.82) is 0 Å². The molecule has 1 atom stereocenters. The zero-order chi connectivity index (χ0) is 11.7. The summed E-state index contributed by atoms with van der Waals surface area (Å²) in [5, 5.41) is 0. The molecule has 0 aromatic heterocycles. The van der Waals surface area contributed by atoms with E-state index in [9.17, 15) is 0 Å². The summed E-state index contributed by atoms with van der Waals surface area (Å²) in [5.41, 5.74) is 5.68. The van der Waals surface area contributed by atoms with Gasteiger partial charge in [-0.05, 0) is 46.1 Å². The molecular weight excluding hydrogens is 186 g/mol. The molecule has 0 amide bonds. The Bertz CT molecular complexity index is 135. The molecule has 0 aliphatic rings. The van der Waals surface area contributed by atoms with Crippen LogP contribution in [0.25, 0.3) is 0 Å². The molecule has 0 heterocycles. The zero-order valence-electron chi connectivity index (χ0n) is 11.0. The maximum absolute atomic E-state index is 5.68. The van der Waals surface area contributed by atoms with Crippen LogP contribution >= 0.6 is 0 Å². The standard InChI is InChI=1S/C12H29N3/c1-5-14(6-2)9-8-10-15(7-3)12(4)11-13/h12H,5-11,13H2,1-4H3. The van der Waals surface area contributed by atoms with Crippen molar-refractivity contribution in [1.82, 2.24) is 9.80 Å². The SMILES string of the molecule is CCN(CC)CCCN(CC)C(C)CN. The molecule has 3 nitrogen and oxygen atoms in total. The van der Waals surface area contributed by atoms with E-state index in [1.54, 1.807) is 0 Å². The van der Waals surface area contributed by atoms with Gasteiger partial charge in [0, 0.05) is 12.6 Å². The normalized spacial score (nSPS) is 13.8. The summed E-state index contributed by atoms with van der Waals surface area (Å²) in [4.78, 5) is 4.93. The predicted molar refractivity (Wildman–Crippen MR) is 68.2 cm³/mol. The molecule has 3 heteroatoms. The summed E-state index contributed by atoms with van der Waals surface area (Å²) in [6, 6.07) is 0.520. The van der Waals surface area contributed by atoms with Gasteiger partial charge in [0.2, 0.25) is 0 Å². The van der Waals surface area contributed by atoms with Gasteiger partial charge in [0.25, 0.3) is 0 Å². The van der Waals surface area contributed by atoms with Crippen molar-refractivity contribution < 1.29 is 0 Å². The van der Waals surface area contributed by atoms with Gasteiger partial charge in [-0.1, -0.05) is 20.8 Å². The molecule has 92 valence electrons. The molecule has 0 aliphatic carbocycles. The molecule has 0 aromatic carbocycles. The average Bonchev–Trinajstić information content (AvgIpc) is 2.28. The van der Waals surface area contributed by atoms with Crippen LogP contribution in [0.5, 0.6) is 0 Å². The summed E-state index contributed by atoms with van der Waals surface area (Å²) in [5.74, 6) is 0. The third kappa shape index (κ3) is 6.13. The second-order valence-electron chi connectivity index (χ2n) is 4.09. The Morgan fingerprint density at radius 3 is 2.00 bits per heavy atom. The molecular formula is C12H29N3. The van der Waals surface area contributed by atoms with Gasteiger partial charge >= 0.3 is 0 Å². The quantitative estimate of drug-likeness (QED) is 0.631. The fraction of sp³-hybridized carbons (Fsp3) is 1.00. The molecule has 0 bridgehead atoms. The van der Waals surface area contributed by atoms with Crippen molar-refractivity contribution in [2.75, 3.05) is 39.3 Å². The minimum atomic E-state index is 0.520. The lowest BCUT2D eigenvalue weighted by atomic mass is 10.2. The van der Waals surface area contributed by atoms with Crippen molar-refractivity contribution in [2.24, 2.45) is 5.73 Å². The Labute approximate surface area is 95.6 Å². The molecule has 0 aliphatic heterocycles. The van der Waals surface area contributed by atoms with Crippen LogP contribution in [0.3, 0.4) is 0 Å². The average molecular weight is 215 g/mol. The fourth-order valence-electron chi connectivity index (χ4n) is 1.88. The van der Waals surface area contributed by atoms with Crippen LogP contribution in [0.15, 0.2) is 0 Å². The highest BCUT2D eigenvalue weighted by atomic mass is 15.2. The first-order chi connectivity index (χ1) is 7.19. The van der Waals surface area contributed by atoms with Gasteiger partial charge in [-0.2, -0.15) is 0 Å². The zero-order valence-corrected chi connectivity index (χ0v) is 11.0. The molecule has 0 spiro atoms. The highest BCUT2D eigenvalue weighted by Gasteiger charge is 2.09. The highest BCUT2D eigenvalue weighted by molar-refractivity contribution is 4.67. The predicted octanol–water partition coefficient (Wildman–Crippen LogP) is 1.39. The lowest BCUT2D eigenvalue weighted by Crippen LogP contribution is -2.40. The molecule has 0 aromatic rings. The van der Waals surface area contributed by atoms with Crippen LogP contribution in [0, 0.1) is 0 Å². The van der Waals surface area contributed by atoms with Crippen molar-refractivity contribution in [2.45, 2.75) is 40.2 Å². The molecule has 0 fully saturated rings. The molecule has 0 radical (unpaired) electrons. The van der Waals surface area contributed by atoms with Crippen LogP contribution in [0.1, 0.15) is 34.1 Å². The van der Waals surface area contributed by atoms with Gasteiger partial charge in [-0.3, -0.25) is 4.90 Å². The minimum Gasteiger partial charge on any atom is -0.329 e. The maximum Gasteiger partial charge on any atom is 0.0190 e. The maximum atomic E-state index is 5.68. The molecule has 2 N–H and O–H groups in total. The second kappa shape index (κ2) is 9.13. The lowest BCUT2D eigenvalue weighted by Gasteiger charge is -2.28.